The van der Waals surface area contributed by atoms with Crippen LogP contribution in [0.4, 0.5) is 0 Å². The molecule has 0 fully saturated rings. The van der Waals surface area contributed by atoms with Gasteiger partial charge in [0.25, 0.3) is 5.91 Å². The van der Waals surface area contributed by atoms with Crippen LogP contribution in [0.1, 0.15) is 21.5 Å². The molecular formula is C16H18BNO4. The van der Waals surface area contributed by atoms with Gasteiger partial charge in [0, 0.05) is 6.54 Å². The SMILES string of the molecule is COc1cc(C)ccc1C(=O)NCc1ccc(B(O)O)cc1. The molecule has 3 N–H and O–H groups in total. The summed E-state index contributed by atoms with van der Waals surface area (Å²) in [7, 11) is 0.0465. The van der Waals surface area contributed by atoms with E-state index in [1.54, 1.807) is 30.3 Å². The van der Waals surface area contributed by atoms with Gasteiger partial charge in [0.2, 0.25) is 0 Å². The number of aryl methyl sites for hydroxylation is 1. The third-order valence-corrected chi connectivity index (χ3v) is 3.33. The first-order valence-corrected chi connectivity index (χ1v) is 6.89. The first-order chi connectivity index (χ1) is 10.5. The van der Waals surface area contributed by atoms with Crippen molar-refractivity contribution in [1.82, 2.24) is 5.32 Å². The molecule has 0 saturated heterocycles. The van der Waals surface area contributed by atoms with E-state index in [1.165, 1.54) is 7.11 Å². The zero-order chi connectivity index (χ0) is 16.1. The van der Waals surface area contributed by atoms with Gasteiger partial charge < -0.3 is 20.1 Å². The van der Waals surface area contributed by atoms with Crippen molar-refractivity contribution in [2.75, 3.05) is 7.11 Å². The quantitative estimate of drug-likeness (QED) is 0.707. The Morgan fingerprint density at radius 3 is 2.45 bits per heavy atom. The van der Waals surface area contributed by atoms with E-state index < -0.39 is 7.12 Å². The largest absolute Gasteiger partial charge is 0.496 e. The molecule has 2 aromatic rings. The summed E-state index contributed by atoms with van der Waals surface area (Å²) in [4.78, 5) is 12.2. The van der Waals surface area contributed by atoms with Gasteiger partial charge in [-0.3, -0.25) is 4.79 Å². The molecule has 0 aromatic heterocycles. The van der Waals surface area contributed by atoms with Gasteiger partial charge in [-0.25, -0.2) is 0 Å². The molecule has 0 spiro atoms. The fourth-order valence-electron chi connectivity index (χ4n) is 2.07. The second-order valence-corrected chi connectivity index (χ2v) is 5.00. The molecule has 2 aromatic carbocycles. The number of carbonyl (C=O) groups excluding carboxylic acids is 1. The molecule has 0 bridgehead atoms. The molecule has 0 unspecified atom stereocenters. The number of carbonyl (C=O) groups is 1. The first-order valence-electron chi connectivity index (χ1n) is 6.89. The maximum absolute atomic E-state index is 12.2. The molecule has 2 rings (SSSR count). The number of ether oxygens (including phenoxy) is 1. The Morgan fingerprint density at radius 2 is 1.86 bits per heavy atom. The number of hydrogen-bond acceptors (Lipinski definition) is 4. The summed E-state index contributed by atoms with van der Waals surface area (Å²) >= 11 is 0. The summed E-state index contributed by atoms with van der Waals surface area (Å²) in [6.07, 6.45) is 0. The lowest BCUT2D eigenvalue weighted by Crippen LogP contribution is -2.30. The van der Waals surface area contributed by atoms with E-state index in [2.05, 4.69) is 5.32 Å². The van der Waals surface area contributed by atoms with Crippen LogP contribution in [0.25, 0.3) is 0 Å². The number of methoxy groups -OCH3 is 1. The highest BCUT2D eigenvalue weighted by Gasteiger charge is 2.13. The highest BCUT2D eigenvalue weighted by atomic mass is 16.5. The van der Waals surface area contributed by atoms with Crippen LogP contribution in [0.5, 0.6) is 5.75 Å². The maximum Gasteiger partial charge on any atom is 0.488 e. The molecule has 0 aliphatic rings. The lowest BCUT2D eigenvalue weighted by atomic mass is 9.80. The van der Waals surface area contributed by atoms with E-state index in [4.69, 9.17) is 14.8 Å². The Kier molecular flexibility index (Phi) is 5.19. The van der Waals surface area contributed by atoms with Crippen molar-refractivity contribution in [3.8, 4) is 5.75 Å². The van der Waals surface area contributed by atoms with E-state index in [0.29, 0.717) is 23.3 Å². The van der Waals surface area contributed by atoms with Gasteiger partial charge in [-0.05, 0) is 35.6 Å². The summed E-state index contributed by atoms with van der Waals surface area (Å²) in [5.74, 6) is 0.319. The average Bonchev–Trinajstić information content (AvgIpc) is 2.52. The predicted octanol–water partition coefficient (Wildman–Crippen LogP) is 0.613. The molecule has 5 nitrogen and oxygen atoms in total. The second kappa shape index (κ2) is 7.11. The molecule has 114 valence electrons. The normalized spacial score (nSPS) is 10.2. The van der Waals surface area contributed by atoms with Gasteiger partial charge in [0.15, 0.2) is 0 Å². The van der Waals surface area contributed by atoms with E-state index in [0.717, 1.165) is 11.1 Å². The number of amides is 1. The minimum absolute atomic E-state index is 0.219. The zero-order valence-corrected chi connectivity index (χ0v) is 12.5. The summed E-state index contributed by atoms with van der Waals surface area (Å²) in [5, 5.41) is 20.9. The van der Waals surface area contributed by atoms with Crippen LogP contribution in [-0.4, -0.2) is 30.2 Å². The van der Waals surface area contributed by atoms with E-state index in [1.807, 2.05) is 19.1 Å². The molecule has 0 radical (unpaired) electrons. The van der Waals surface area contributed by atoms with E-state index >= 15 is 0 Å². The number of rotatable bonds is 5. The van der Waals surface area contributed by atoms with Crippen molar-refractivity contribution in [2.45, 2.75) is 13.5 Å². The standard InChI is InChI=1S/C16H18BNO4/c1-11-3-8-14(15(9-11)22-2)16(19)18-10-12-4-6-13(7-5-12)17(20)21/h3-9,20-21H,10H2,1-2H3,(H,18,19). The minimum Gasteiger partial charge on any atom is -0.496 e. The fraction of sp³-hybridized carbons (Fsp3) is 0.188. The maximum atomic E-state index is 12.2. The Morgan fingerprint density at radius 1 is 1.18 bits per heavy atom. The number of benzene rings is 2. The molecule has 0 atom stereocenters. The van der Waals surface area contributed by atoms with Gasteiger partial charge in [-0.15, -0.1) is 0 Å². The third-order valence-electron chi connectivity index (χ3n) is 3.33. The van der Waals surface area contributed by atoms with Crippen molar-refractivity contribution in [1.29, 1.82) is 0 Å². The van der Waals surface area contributed by atoms with Crippen molar-refractivity contribution in [2.24, 2.45) is 0 Å². The summed E-state index contributed by atoms with van der Waals surface area (Å²) < 4.78 is 5.23. The molecule has 0 heterocycles. The molecule has 0 aliphatic heterocycles. The van der Waals surface area contributed by atoms with Crippen molar-refractivity contribution >= 4 is 18.5 Å². The lowest BCUT2D eigenvalue weighted by Gasteiger charge is -2.10. The van der Waals surface area contributed by atoms with Crippen LogP contribution in [0.3, 0.4) is 0 Å². The Hall–Kier alpha value is -2.31. The predicted molar refractivity (Wildman–Crippen MR) is 85.2 cm³/mol. The Bertz CT molecular complexity index is 656. The van der Waals surface area contributed by atoms with Crippen LogP contribution < -0.4 is 15.5 Å². The minimum atomic E-state index is -1.49. The third kappa shape index (κ3) is 3.87. The second-order valence-electron chi connectivity index (χ2n) is 5.00. The molecule has 0 saturated carbocycles. The van der Waals surface area contributed by atoms with Crippen LogP contribution >= 0.6 is 0 Å². The Labute approximate surface area is 129 Å². The lowest BCUT2D eigenvalue weighted by molar-refractivity contribution is 0.0948. The molecule has 1 amide bonds. The number of hydrogen-bond donors (Lipinski definition) is 3. The summed E-state index contributed by atoms with van der Waals surface area (Å²) in [5.41, 5.74) is 2.78. The summed E-state index contributed by atoms with van der Waals surface area (Å²) in [6.45, 7) is 2.28. The highest BCUT2D eigenvalue weighted by Crippen LogP contribution is 2.19. The van der Waals surface area contributed by atoms with E-state index in [-0.39, 0.29) is 5.91 Å². The first kappa shape index (κ1) is 16.1. The topological polar surface area (TPSA) is 78.8 Å². The van der Waals surface area contributed by atoms with Gasteiger partial charge in [0.1, 0.15) is 5.75 Å². The average molecular weight is 299 g/mol. The van der Waals surface area contributed by atoms with Gasteiger partial charge in [0.05, 0.1) is 12.7 Å². The van der Waals surface area contributed by atoms with E-state index in [9.17, 15) is 4.79 Å². The van der Waals surface area contributed by atoms with Crippen molar-refractivity contribution in [3.05, 3.63) is 59.2 Å². The smallest absolute Gasteiger partial charge is 0.488 e. The molecule has 0 aliphatic carbocycles. The van der Waals surface area contributed by atoms with Crippen LogP contribution in [0, 0.1) is 6.92 Å². The number of nitrogens with one attached hydrogen (secondary N) is 1. The zero-order valence-electron chi connectivity index (χ0n) is 12.5. The molecule has 22 heavy (non-hydrogen) atoms. The van der Waals surface area contributed by atoms with Gasteiger partial charge >= 0.3 is 7.12 Å². The monoisotopic (exact) mass is 299 g/mol. The van der Waals surface area contributed by atoms with Crippen LogP contribution in [-0.2, 0) is 6.54 Å². The molecule has 6 heteroatoms. The fourth-order valence-corrected chi connectivity index (χ4v) is 2.07. The van der Waals surface area contributed by atoms with Crippen molar-refractivity contribution in [3.63, 3.8) is 0 Å². The van der Waals surface area contributed by atoms with Crippen molar-refractivity contribution < 1.29 is 19.6 Å². The highest BCUT2D eigenvalue weighted by molar-refractivity contribution is 6.58. The Balaban J connectivity index is 2.03. The van der Waals surface area contributed by atoms with Gasteiger partial charge in [-0.2, -0.15) is 0 Å². The molecular weight excluding hydrogens is 281 g/mol. The van der Waals surface area contributed by atoms with Gasteiger partial charge in [-0.1, -0.05) is 30.3 Å². The summed E-state index contributed by atoms with van der Waals surface area (Å²) in [6, 6.07) is 12.1. The van der Waals surface area contributed by atoms with Crippen LogP contribution in [0.2, 0.25) is 0 Å². The van der Waals surface area contributed by atoms with Crippen LogP contribution in [0.15, 0.2) is 42.5 Å².